The highest BCUT2D eigenvalue weighted by Gasteiger charge is 2.52. The maximum Gasteiger partial charge on any atom is 0.214 e. The number of aliphatic hydroxyl groups excluding tert-OH is 1. The molecule has 5 aromatic rings. The van der Waals surface area contributed by atoms with Crippen molar-refractivity contribution in [1.29, 1.82) is 0 Å². The molecule has 7 nitrogen and oxygen atoms in total. The lowest BCUT2D eigenvalue weighted by molar-refractivity contribution is 0.0560. The van der Waals surface area contributed by atoms with Crippen molar-refractivity contribution in [2.75, 3.05) is 13.7 Å². The van der Waals surface area contributed by atoms with E-state index in [1.165, 1.54) is 0 Å². The van der Waals surface area contributed by atoms with Crippen molar-refractivity contribution in [3.8, 4) is 28.2 Å². The van der Waals surface area contributed by atoms with Crippen LogP contribution in [0.15, 0.2) is 83.5 Å². The van der Waals surface area contributed by atoms with Crippen molar-refractivity contribution in [3.05, 3.63) is 96.1 Å². The number of methoxy groups -OCH3 is 1. The molecule has 0 fully saturated rings. The molecule has 3 unspecified atom stereocenters. The van der Waals surface area contributed by atoms with Crippen LogP contribution < -0.4 is 10.5 Å². The van der Waals surface area contributed by atoms with Crippen LogP contribution in [0.2, 0.25) is 0 Å². The van der Waals surface area contributed by atoms with E-state index in [2.05, 4.69) is 23.2 Å². The maximum absolute atomic E-state index is 11.9. The van der Waals surface area contributed by atoms with Gasteiger partial charge in [-0.05, 0) is 17.2 Å². The molecule has 3 atom stereocenters. The largest absolute Gasteiger partial charge is 0.491 e. The first-order chi connectivity index (χ1) is 17.6. The van der Waals surface area contributed by atoms with Gasteiger partial charge in [-0.2, -0.15) is 0 Å². The first kappa shape index (κ1) is 21.4. The highest BCUT2D eigenvalue weighted by molar-refractivity contribution is 6.06. The molecule has 0 saturated heterocycles. The number of rotatable bonds is 3. The second kappa shape index (κ2) is 7.80. The molecule has 7 rings (SSSR count). The fourth-order valence-corrected chi connectivity index (χ4v) is 5.93. The summed E-state index contributed by atoms with van der Waals surface area (Å²) >= 11 is 0. The summed E-state index contributed by atoms with van der Waals surface area (Å²) in [6, 6.07) is 21.4. The molecule has 0 saturated carbocycles. The molecule has 0 radical (unpaired) electrons. The quantitative estimate of drug-likeness (QED) is 0.392. The van der Waals surface area contributed by atoms with Gasteiger partial charge in [0.2, 0.25) is 5.89 Å². The van der Waals surface area contributed by atoms with E-state index in [1.54, 1.807) is 13.3 Å². The summed E-state index contributed by atoms with van der Waals surface area (Å²) < 4.78 is 20.2. The second-order valence-electron chi connectivity index (χ2n) is 9.47. The van der Waals surface area contributed by atoms with Gasteiger partial charge in [0.05, 0.1) is 23.2 Å². The van der Waals surface area contributed by atoms with Crippen LogP contribution in [0, 0.1) is 0 Å². The van der Waals surface area contributed by atoms with Crippen LogP contribution in [0.1, 0.15) is 23.1 Å². The molecule has 3 aromatic carbocycles. The third-order valence-electron chi connectivity index (χ3n) is 7.61. The Kier molecular flexibility index (Phi) is 4.63. The number of hydrogen-bond donors (Lipinski definition) is 2. The summed E-state index contributed by atoms with van der Waals surface area (Å²) in [6.45, 7) is 0.638. The Hall–Kier alpha value is -3.91. The lowest BCUT2D eigenvalue weighted by Gasteiger charge is -2.36. The molecule has 0 aliphatic carbocycles. The molecule has 0 amide bonds. The number of fused-ring (bicyclic) bond motifs is 4. The molecule has 4 heterocycles. The van der Waals surface area contributed by atoms with Gasteiger partial charge in [-0.1, -0.05) is 60.7 Å². The predicted molar refractivity (Wildman–Crippen MR) is 136 cm³/mol. The maximum atomic E-state index is 11.9. The molecular formula is C29H25N3O4. The summed E-state index contributed by atoms with van der Waals surface area (Å²) in [7, 11) is 1.67. The van der Waals surface area contributed by atoms with Crippen molar-refractivity contribution in [3.63, 3.8) is 0 Å². The topological polar surface area (TPSA) is 95.7 Å². The number of para-hydroxylation sites is 1. The van der Waals surface area contributed by atoms with Gasteiger partial charge in [0.1, 0.15) is 25.1 Å². The second-order valence-corrected chi connectivity index (χ2v) is 9.47. The van der Waals surface area contributed by atoms with E-state index < -0.39 is 17.6 Å². The molecule has 2 aromatic heterocycles. The third-order valence-corrected chi connectivity index (χ3v) is 7.61. The lowest BCUT2D eigenvalue weighted by Crippen LogP contribution is -2.48. The van der Waals surface area contributed by atoms with E-state index in [0.29, 0.717) is 12.5 Å². The highest BCUT2D eigenvalue weighted by atomic mass is 16.5. The number of hydrogen-bond acceptors (Lipinski definition) is 6. The van der Waals surface area contributed by atoms with Crippen LogP contribution >= 0.6 is 0 Å². The SMILES string of the molecule is COCn1cc2c3c(cccc31)-c1cccc3c1OCC3(c1ccccc1)C(O)C(N)c1ncc-2o1. The Labute approximate surface area is 207 Å². The Bertz CT molecular complexity index is 1610. The Morgan fingerprint density at radius 2 is 1.86 bits per heavy atom. The first-order valence-corrected chi connectivity index (χ1v) is 12.0. The van der Waals surface area contributed by atoms with Gasteiger partial charge in [-0.3, -0.25) is 0 Å². The Morgan fingerprint density at radius 3 is 2.69 bits per heavy atom. The van der Waals surface area contributed by atoms with Crippen molar-refractivity contribution < 1.29 is 19.0 Å². The molecule has 7 heteroatoms. The number of nitrogens with two attached hydrogens (primary N) is 1. The number of benzene rings is 3. The minimum absolute atomic E-state index is 0.249. The Morgan fingerprint density at radius 1 is 1.06 bits per heavy atom. The number of oxazole rings is 1. The average Bonchev–Trinajstić information content (AvgIpc) is 3.64. The van der Waals surface area contributed by atoms with Gasteiger partial charge in [0.25, 0.3) is 0 Å². The van der Waals surface area contributed by atoms with Gasteiger partial charge in [-0.25, -0.2) is 4.98 Å². The fourth-order valence-electron chi connectivity index (χ4n) is 5.93. The van der Waals surface area contributed by atoms with Gasteiger partial charge in [0, 0.05) is 35.4 Å². The van der Waals surface area contributed by atoms with Crippen LogP contribution in [0.3, 0.4) is 0 Å². The number of aromatic nitrogens is 2. The minimum Gasteiger partial charge on any atom is -0.491 e. The van der Waals surface area contributed by atoms with E-state index in [9.17, 15) is 5.11 Å². The van der Waals surface area contributed by atoms with E-state index in [1.807, 2.05) is 59.3 Å². The zero-order chi connectivity index (χ0) is 24.4. The fraction of sp³-hybridized carbons (Fsp3) is 0.207. The van der Waals surface area contributed by atoms with E-state index in [0.717, 1.165) is 44.5 Å². The average molecular weight is 480 g/mol. The highest BCUT2D eigenvalue weighted by Crippen LogP contribution is 2.53. The zero-order valence-electron chi connectivity index (χ0n) is 19.7. The zero-order valence-corrected chi connectivity index (χ0v) is 19.7. The van der Waals surface area contributed by atoms with E-state index in [-0.39, 0.29) is 12.5 Å². The van der Waals surface area contributed by atoms with Gasteiger partial charge >= 0.3 is 0 Å². The van der Waals surface area contributed by atoms with Crippen LogP contribution in [0.25, 0.3) is 33.4 Å². The van der Waals surface area contributed by atoms with Crippen molar-refractivity contribution >= 4 is 10.9 Å². The summed E-state index contributed by atoms with van der Waals surface area (Å²) in [5, 5.41) is 12.9. The van der Waals surface area contributed by atoms with Crippen LogP contribution in [0.5, 0.6) is 5.75 Å². The monoisotopic (exact) mass is 479 g/mol. The van der Waals surface area contributed by atoms with Crippen molar-refractivity contribution in [2.24, 2.45) is 5.73 Å². The summed E-state index contributed by atoms with van der Waals surface area (Å²) in [5.74, 6) is 1.63. The van der Waals surface area contributed by atoms with Gasteiger partial charge in [0.15, 0.2) is 5.76 Å². The Balaban J connectivity index is 1.61. The predicted octanol–water partition coefficient (Wildman–Crippen LogP) is 4.62. The molecule has 36 heavy (non-hydrogen) atoms. The summed E-state index contributed by atoms with van der Waals surface area (Å²) in [5.41, 5.74) is 11.5. The third kappa shape index (κ3) is 2.76. The number of ether oxygens (including phenoxy) is 2. The van der Waals surface area contributed by atoms with E-state index in [4.69, 9.17) is 19.6 Å². The van der Waals surface area contributed by atoms with Gasteiger partial charge < -0.3 is 29.3 Å². The number of aliphatic hydroxyl groups is 1. The smallest absolute Gasteiger partial charge is 0.214 e. The van der Waals surface area contributed by atoms with E-state index >= 15 is 0 Å². The molecular weight excluding hydrogens is 454 g/mol. The number of nitrogens with zero attached hydrogens (tertiary/aromatic N) is 2. The van der Waals surface area contributed by atoms with Crippen molar-refractivity contribution in [2.45, 2.75) is 24.3 Å². The summed E-state index contributed by atoms with van der Waals surface area (Å²) in [6.07, 6.45) is 2.65. The first-order valence-electron chi connectivity index (χ1n) is 12.0. The standard InChI is InChI=1S/C29H25N3O4/c1-34-16-32-14-20-23-13-31-28(36-23)25(30)27(33)29(17-7-3-2-4-8-17)15-35-26-19(10-5-11-21(26)29)18-9-6-12-22(32)24(18)20/h2-14,25,27,33H,15-16,30H2,1H3. The molecule has 2 aliphatic heterocycles. The molecule has 6 bridgehead atoms. The van der Waals surface area contributed by atoms with Gasteiger partial charge in [-0.15, -0.1) is 0 Å². The lowest BCUT2D eigenvalue weighted by atomic mass is 9.69. The molecule has 0 spiro atoms. The normalized spacial score (nSPS) is 22.2. The van der Waals surface area contributed by atoms with Crippen LogP contribution in [-0.4, -0.2) is 34.5 Å². The molecule has 180 valence electrons. The van der Waals surface area contributed by atoms with Crippen LogP contribution in [0.4, 0.5) is 0 Å². The van der Waals surface area contributed by atoms with Crippen molar-refractivity contribution in [1.82, 2.24) is 9.55 Å². The summed E-state index contributed by atoms with van der Waals surface area (Å²) in [4.78, 5) is 4.52. The molecule has 2 aliphatic rings. The molecule has 3 N–H and O–H groups in total. The van der Waals surface area contributed by atoms with Crippen LogP contribution in [-0.2, 0) is 16.9 Å². The minimum atomic E-state index is -1.05.